The molecule has 0 aliphatic rings. The first-order valence-corrected chi connectivity index (χ1v) is 6.08. The van der Waals surface area contributed by atoms with Crippen molar-refractivity contribution in [2.24, 2.45) is 0 Å². The van der Waals surface area contributed by atoms with Crippen LogP contribution in [-0.2, 0) is 4.79 Å². The molecule has 0 spiro atoms. The highest BCUT2D eigenvalue weighted by atomic mass is 16.4. The Morgan fingerprint density at radius 2 is 1.88 bits per heavy atom. The van der Waals surface area contributed by atoms with Crippen LogP contribution in [-0.4, -0.2) is 28.6 Å². The van der Waals surface area contributed by atoms with Crippen molar-refractivity contribution >= 4 is 5.97 Å². The van der Waals surface area contributed by atoms with Crippen molar-refractivity contribution in [3.63, 3.8) is 0 Å². The molecule has 0 heterocycles. The summed E-state index contributed by atoms with van der Waals surface area (Å²) < 4.78 is 0. The lowest BCUT2D eigenvalue weighted by molar-refractivity contribution is -0.138. The van der Waals surface area contributed by atoms with Gasteiger partial charge in [0.25, 0.3) is 0 Å². The highest BCUT2D eigenvalue weighted by molar-refractivity contribution is 5.67. The van der Waals surface area contributed by atoms with Crippen molar-refractivity contribution < 1.29 is 9.90 Å². The summed E-state index contributed by atoms with van der Waals surface area (Å²) >= 11 is 0. The molecule has 0 aromatic heterocycles. The van der Waals surface area contributed by atoms with Crippen LogP contribution in [0.4, 0.5) is 0 Å². The van der Waals surface area contributed by atoms with E-state index in [1.54, 1.807) is 0 Å². The third-order valence-corrected chi connectivity index (χ3v) is 3.18. The highest BCUT2D eigenvalue weighted by Gasteiger charge is 2.21. The van der Waals surface area contributed by atoms with E-state index in [1.165, 1.54) is 5.56 Å². The molecule has 0 radical (unpaired) electrons. The lowest BCUT2D eigenvalue weighted by atomic mass is 10.0. The van der Waals surface area contributed by atoms with Gasteiger partial charge in [-0.3, -0.25) is 9.69 Å². The Kier molecular flexibility index (Phi) is 5.16. The molecule has 0 saturated carbocycles. The molecule has 2 atom stereocenters. The molecule has 0 aliphatic carbocycles. The number of benzene rings is 1. The van der Waals surface area contributed by atoms with Crippen LogP contribution in [0.2, 0.25) is 0 Å². The Labute approximate surface area is 103 Å². The van der Waals surface area contributed by atoms with Crippen molar-refractivity contribution in [2.45, 2.75) is 39.3 Å². The van der Waals surface area contributed by atoms with E-state index in [0.29, 0.717) is 0 Å². The quantitative estimate of drug-likeness (QED) is 0.824. The fraction of sp³-hybridized carbons (Fsp3) is 0.500. The standard InChI is InChI=1S/C14H21NO2/c1-4-15(11(2)10-14(16)17)12(3)13-8-6-5-7-9-13/h5-9,11-12H,4,10H2,1-3H3,(H,16,17). The molecule has 0 bridgehead atoms. The first-order valence-electron chi connectivity index (χ1n) is 6.08. The molecule has 1 rings (SSSR count). The van der Waals surface area contributed by atoms with Crippen molar-refractivity contribution in [1.29, 1.82) is 0 Å². The van der Waals surface area contributed by atoms with Gasteiger partial charge in [-0.15, -0.1) is 0 Å². The zero-order valence-electron chi connectivity index (χ0n) is 10.8. The Balaban J connectivity index is 2.76. The average molecular weight is 235 g/mol. The summed E-state index contributed by atoms with van der Waals surface area (Å²) in [5.41, 5.74) is 1.23. The topological polar surface area (TPSA) is 40.5 Å². The van der Waals surface area contributed by atoms with Gasteiger partial charge >= 0.3 is 5.97 Å². The number of nitrogens with zero attached hydrogens (tertiary/aromatic N) is 1. The zero-order chi connectivity index (χ0) is 12.8. The van der Waals surface area contributed by atoms with E-state index < -0.39 is 5.97 Å². The Bertz CT molecular complexity index is 350. The van der Waals surface area contributed by atoms with Crippen LogP contribution in [0.25, 0.3) is 0 Å². The van der Waals surface area contributed by atoms with Crippen molar-refractivity contribution in [3.8, 4) is 0 Å². The molecule has 1 N–H and O–H groups in total. The SMILES string of the molecule is CCN(C(C)CC(=O)O)C(C)c1ccccc1. The van der Waals surface area contributed by atoms with E-state index in [4.69, 9.17) is 5.11 Å². The van der Waals surface area contributed by atoms with Crippen LogP contribution in [0.3, 0.4) is 0 Å². The maximum atomic E-state index is 10.8. The maximum Gasteiger partial charge on any atom is 0.304 e. The molecule has 0 amide bonds. The van der Waals surface area contributed by atoms with Gasteiger partial charge in [-0.25, -0.2) is 0 Å². The summed E-state index contributed by atoms with van der Waals surface area (Å²) in [4.78, 5) is 13.0. The molecular formula is C14H21NO2. The smallest absolute Gasteiger partial charge is 0.304 e. The number of hydrogen-bond acceptors (Lipinski definition) is 2. The van der Waals surface area contributed by atoms with Crippen LogP contribution < -0.4 is 0 Å². The summed E-state index contributed by atoms with van der Waals surface area (Å²) in [6.45, 7) is 7.01. The van der Waals surface area contributed by atoms with E-state index in [0.717, 1.165) is 6.54 Å². The highest BCUT2D eigenvalue weighted by Crippen LogP contribution is 2.22. The van der Waals surface area contributed by atoms with E-state index in [1.807, 2.05) is 25.1 Å². The maximum absolute atomic E-state index is 10.8. The van der Waals surface area contributed by atoms with Gasteiger partial charge in [0.1, 0.15) is 0 Å². The Morgan fingerprint density at radius 3 is 2.35 bits per heavy atom. The van der Waals surface area contributed by atoms with Gasteiger partial charge in [0.05, 0.1) is 6.42 Å². The third-order valence-electron chi connectivity index (χ3n) is 3.18. The number of carboxylic acids is 1. The van der Waals surface area contributed by atoms with E-state index in [-0.39, 0.29) is 18.5 Å². The van der Waals surface area contributed by atoms with Gasteiger partial charge in [0.2, 0.25) is 0 Å². The molecule has 0 saturated heterocycles. The van der Waals surface area contributed by atoms with Crippen LogP contribution in [0.5, 0.6) is 0 Å². The summed E-state index contributed by atoms with van der Waals surface area (Å²) in [6.07, 6.45) is 0.186. The first kappa shape index (κ1) is 13.7. The number of hydrogen-bond donors (Lipinski definition) is 1. The Hall–Kier alpha value is -1.35. The van der Waals surface area contributed by atoms with E-state index in [9.17, 15) is 4.79 Å². The third kappa shape index (κ3) is 3.86. The van der Waals surface area contributed by atoms with Crippen molar-refractivity contribution in [3.05, 3.63) is 35.9 Å². The molecule has 1 aromatic carbocycles. The molecule has 3 heteroatoms. The first-order chi connectivity index (χ1) is 8.06. The molecule has 94 valence electrons. The number of rotatable bonds is 6. The molecule has 17 heavy (non-hydrogen) atoms. The molecule has 3 nitrogen and oxygen atoms in total. The number of carboxylic acid groups (broad SMARTS) is 1. The largest absolute Gasteiger partial charge is 0.481 e. The lowest BCUT2D eigenvalue weighted by Gasteiger charge is -2.33. The summed E-state index contributed by atoms with van der Waals surface area (Å²) in [5, 5.41) is 8.85. The van der Waals surface area contributed by atoms with E-state index >= 15 is 0 Å². The van der Waals surface area contributed by atoms with Crippen LogP contribution in [0, 0.1) is 0 Å². The van der Waals surface area contributed by atoms with Gasteiger partial charge in [-0.1, -0.05) is 37.3 Å². The zero-order valence-corrected chi connectivity index (χ0v) is 10.8. The molecule has 2 unspecified atom stereocenters. The summed E-state index contributed by atoms with van der Waals surface area (Å²) in [6, 6.07) is 10.5. The fourth-order valence-corrected chi connectivity index (χ4v) is 2.26. The fourth-order valence-electron chi connectivity index (χ4n) is 2.26. The molecule has 0 fully saturated rings. The normalized spacial score (nSPS) is 14.6. The molecule has 0 aliphatic heterocycles. The second-order valence-electron chi connectivity index (χ2n) is 4.36. The second kappa shape index (κ2) is 6.40. The Morgan fingerprint density at radius 1 is 1.29 bits per heavy atom. The summed E-state index contributed by atoms with van der Waals surface area (Å²) in [7, 11) is 0. The summed E-state index contributed by atoms with van der Waals surface area (Å²) in [5.74, 6) is -0.740. The van der Waals surface area contributed by atoms with E-state index in [2.05, 4.69) is 30.9 Å². The average Bonchev–Trinajstić information content (AvgIpc) is 2.30. The minimum Gasteiger partial charge on any atom is -0.481 e. The molecular weight excluding hydrogens is 214 g/mol. The second-order valence-corrected chi connectivity index (χ2v) is 4.36. The van der Waals surface area contributed by atoms with Crippen LogP contribution in [0.1, 0.15) is 38.8 Å². The van der Waals surface area contributed by atoms with Gasteiger partial charge in [-0.05, 0) is 26.0 Å². The lowest BCUT2D eigenvalue weighted by Crippen LogP contribution is -2.36. The van der Waals surface area contributed by atoms with Gasteiger partial charge in [-0.2, -0.15) is 0 Å². The number of carbonyl (C=O) groups is 1. The van der Waals surface area contributed by atoms with Gasteiger partial charge < -0.3 is 5.11 Å². The van der Waals surface area contributed by atoms with Gasteiger partial charge in [0.15, 0.2) is 0 Å². The van der Waals surface area contributed by atoms with Crippen LogP contribution in [0.15, 0.2) is 30.3 Å². The van der Waals surface area contributed by atoms with Crippen molar-refractivity contribution in [2.75, 3.05) is 6.54 Å². The van der Waals surface area contributed by atoms with Crippen molar-refractivity contribution in [1.82, 2.24) is 4.90 Å². The monoisotopic (exact) mass is 235 g/mol. The predicted octanol–water partition coefficient (Wildman–Crippen LogP) is 2.93. The number of aliphatic carboxylic acids is 1. The minimum absolute atomic E-state index is 0.0488. The molecule has 1 aromatic rings. The predicted molar refractivity (Wildman–Crippen MR) is 69.0 cm³/mol. The van der Waals surface area contributed by atoms with Crippen LogP contribution >= 0.6 is 0 Å². The van der Waals surface area contributed by atoms with Gasteiger partial charge in [0, 0.05) is 12.1 Å². The minimum atomic E-state index is -0.740.